The van der Waals surface area contributed by atoms with Crippen LogP contribution in [0.5, 0.6) is 0 Å². The van der Waals surface area contributed by atoms with Gasteiger partial charge in [0.15, 0.2) is 0 Å². The zero-order chi connectivity index (χ0) is 16.3. The number of hydrogen-bond donors (Lipinski definition) is 2. The van der Waals surface area contributed by atoms with E-state index in [4.69, 9.17) is 0 Å². The lowest BCUT2D eigenvalue weighted by Crippen LogP contribution is -2.29. The molecule has 1 aromatic carbocycles. The van der Waals surface area contributed by atoms with Crippen molar-refractivity contribution in [3.05, 3.63) is 47.3 Å². The summed E-state index contributed by atoms with van der Waals surface area (Å²) in [4.78, 5) is 11.7. The molecule has 0 saturated carbocycles. The summed E-state index contributed by atoms with van der Waals surface area (Å²) in [6.07, 6.45) is 9.55. The molecule has 1 aromatic rings. The van der Waals surface area contributed by atoms with Gasteiger partial charge >= 0.3 is 0 Å². The number of carbonyl (C=O) groups excluding carboxylic acids is 1. The Bertz CT molecular complexity index is 528. The molecule has 0 aromatic heterocycles. The first kappa shape index (κ1) is 17.7. The fourth-order valence-electron chi connectivity index (χ4n) is 2.83. The Morgan fingerprint density at radius 2 is 1.96 bits per heavy atom. The summed E-state index contributed by atoms with van der Waals surface area (Å²) in [7, 11) is 0. The largest absolute Gasteiger partial charge is 0.356 e. The Hall–Kier alpha value is -1.68. The number of nitrogens with one attached hydrogen (secondary N) is 2. The van der Waals surface area contributed by atoms with Gasteiger partial charge in [0.2, 0.25) is 5.91 Å². The van der Waals surface area contributed by atoms with Crippen molar-refractivity contribution in [2.45, 2.75) is 44.9 Å². The third-order valence-electron chi connectivity index (χ3n) is 4.21. The maximum absolute atomic E-state index is 13.4. The van der Waals surface area contributed by atoms with E-state index < -0.39 is 0 Å². The zero-order valence-electron chi connectivity index (χ0n) is 13.7. The SMILES string of the molecule is O=C(CCNCCC1=CCCCC1)NCCc1ccccc1F. The topological polar surface area (TPSA) is 41.1 Å². The van der Waals surface area contributed by atoms with Crippen molar-refractivity contribution in [3.8, 4) is 0 Å². The highest BCUT2D eigenvalue weighted by atomic mass is 19.1. The molecule has 0 atom stereocenters. The van der Waals surface area contributed by atoms with Crippen molar-refractivity contribution in [1.29, 1.82) is 0 Å². The predicted octanol–water partition coefficient (Wildman–Crippen LogP) is 3.35. The third kappa shape index (κ3) is 6.95. The quantitative estimate of drug-likeness (QED) is 0.541. The van der Waals surface area contributed by atoms with Gasteiger partial charge in [-0.3, -0.25) is 4.79 Å². The van der Waals surface area contributed by atoms with Crippen molar-refractivity contribution < 1.29 is 9.18 Å². The van der Waals surface area contributed by atoms with E-state index in [0.717, 1.165) is 13.0 Å². The monoisotopic (exact) mass is 318 g/mol. The molecule has 4 heteroatoms. The first-order valence-corrected chi connectivity index (χ1v) is 8.64. The maximum Gasteiger partial charge on any atom is 0.221 e. The van der Waals surface area contributed by atoms with E-state index in [-0.39, 0.29) is 11.7 Å². The smallest absolute Gasteiger partial charge is 0.221 e. The number of allylic oxidation sites excluding steroid dienone is 1. The van der Waals surface area contributed by atoms with Crippen molar-refractivity contribution in [2.75, 3.05) is 19.6 Å². The molecule has 126 valence electrons. The number of carbonyl (C=O) groups is 1. The minimum absolute atomic E-state index is 0.0192. The molecule has 2 rings (SSSR count). The van der Waals surface area contributed by atoms with Crippen LogP contribution in [0.3, 0.4) is 0 Å². The van der Waals surface area contributed by atoms with Gasteiger partial charge in [0.1, 0.15) is 5.82 Å². The molecule has 0 spiro atoms. The van der Waals surface area contributed by atoms with Crippen molar-refractivity contribution in [1.82, 2.24) is 10.6 Å². The molecule has 1 aliphatic carbocycles. The van der Waals surface area contributed by atoms with E-state index in [1.54, 1.807) is 17.7 Å². The molecule has 2 N–H and O–H groups in total. The molecule has 0 fully saturated rings. The van der Waals surface area contributed by atoms with Gasteiger partial charge in [0.25, 0.3) is 0 Å². The van der Waals surface area contributed by atoms with Crippen LogP contribution in [-0.4, -0.2) is 25.5 Å². The lowest BCUT2D eigenvalue weighted by Gasteiger charge is -2.12. The Morgan fingerprint density at radius 1 is 1.09 bits per heavy atom. The van der Waals surface area contributed by atoms with Crippen LogP contribution in [0, 0.1) is 5.82 Å². The average molecular weight is 318 g/mol. The van der Waals surface area contributed by atoms with Crippen LogP contribution in [0.2, 0.25) is 0 Å². The minimum atomic E-state index is -0.208. The van der Waals surface area contributed by atoms with Gasteiger partial charge in [-0.2, -0.15) is 0 Å². The van der Waals surface area contributed by atoms with Gasteiger partial charge in [-0.25, -0.2) is 4.39 Å². The molecule has 0 unspecified atom stereocenters. The Labute approximate surface area is 138 Å². The van der Waals surface area contributed by atoms with E-state index >= 15 is 0 Å². The Balaban J connectivity index is 1.50. The first-order chi connectivity index (χ1) is 11.3. The summed E-state index contributed by atoms with van der Waals surface area (Å²) >= 11 is 0. The van der Waals surface area contributed by atoms with Crippen LogP contribution in [-0.2, 0) is 11.2 Å². The van der Waals surface area contributed by atoms with Gasteiger partial charge in [-0.05, 0) is 56.7 Å². The van der Waals surface area contributed by atoms with E-state index in [2.05, 4.69) is 16.7 Å². The highest BCUT2D eigenvalue weighted by molar-refractivity contribution is 5.76. The van der Waals surface area contributed by atoms with E-state index in [1.807, 2.05) is 6.07 Å². The van der Waals surface area contributed by atoms with Gasteiger partial charge in [0.05, 0.1) is 0 Å². The molecule has 3 nitrogen and oxygen atoms in total. The molecule has 1 amide bonds. The second-order valence-corrected chi connectivity index (χ2v) is 6.05. The third-order valence-corrected chi connectivity index (χ3v) is 4.21. The zero-order valence-corrected chi connectivity index (χ0v) is 13.7. The summed E-state index contributed by atoms with van der Waals surface area (Å²) in [5.74, 6) is -0.189. The number of halogens is 1. The van der Waals surface area contributed by atoms with Crippen molar-refractivity contribution >= 4 is 5.91 Å². The molecule has 0 saturated heterocycles. The molecule has 0 bridgehead atoms. The van der Waals surface area contributed by atoms with Gasteiger partial charge in [0, 0.05) is 19.5 Å². The van der Waals surface area contributed by atoms with Crippen LogP contribution >= 0.6 is 0 Å². The van der Waals surface area contributed by atoms with Gasteiger partial charge in [-0.1, -0.05) is 29.8 Å². The number of amides is 1. The number of benzene rings is 1. The van der Waals surface area contributed by atoms with E-state index in [0.29, 0.717) is 31.5 Å². The van der Waals surface area contributed by atoms with Crippen LogP contribution in [0.4, 0.5) is 4.39 Å². The Kier molecular flexibility index (Phi) is 7.81. The molecular weight excluding hydrogens is 291 g/mol. The molecule has 1 aliphatic rings. The summed E-state index contributed by atoms with van der Waals surface area (Å²) in [6, 6.07) is 6.68. The Morgan fingerprint density at radius 3 is 2.74 bits per heavy atom. The fraction of sp³-hybridized carbons (Fsp3) is 0.526. The van der Waals surface area contributed by atoms with Gasteiger partial charge in [-0.15, -0.1) is 0 Å². The van der Waals surface area contributed by atoms with Crippen molar-refractivity contribution in [2.24, 2.45) is 0 Å². The molecule has 0 heterocycles. The van der Waals surface area contributed by atoms with Crippen molar-refractivity contribution in [3.63, 3.8) is 0 Å². The van der Waals surface area contributed by atoms with Gasteiger partial charge < -0.3 is 10.6 Å². The summed E-state index contributed by atoms with van der Waals surface area (Å²) in [5.41, 5.74) is 2.20. The summed E-state index contributed by atoms with van der Waals surface area (Å²) in [5, 5.41) is 6.16. The lowest BCUT2D eigenvalue weighted by atomic mass is 9.97. The second-order valence-electron chi connectivity index (χ2n) is 6.05. The minimum Gasteiger partial charge on any atom is -0.356 e. The van der Waals surface area contributed by atoms with E-state index in [9.17, 15) is 9.18 Å². The lowest BCUT2D eigenvalue weighted by molar-refractivity contribution is -0.120. The maximum atomic E-state index is 13.4. The number of rotatable bonds is 9. The van der Waals surface area contributed by atoms with Crippen LogP contribution in [0.1, 0.15) is 44.1 Å². The van der Waals surface area contributed by atoms with Crippen LogP contribution in [0.15, 0.2) is 35.9 Å². The highest BCUT2D eigenvalue weighted by Crippen LogP contribution is 2.19. The van der Waals surface area contributed by atoms with E-state index in [1.165, 1.54) is 31.7 Å². The first-order valence-electron chi connectivity index (χ1n) is 8.64. The van der Waals surface area contributed by atoms with Crippen LogP contribution in [0.25, 0.3) is 0 Å². The predicted molar refractivity (Wildman–Crippen MR) is 91.8 cm³/mol. The molecule has 0 aliphatic heterocycles. The fourth-order valence-corrected chi connectivity index (χ4v) is 2.83. The molecule has 23 heavy (non-hydrogen) atoms. The average Bonchev–Trinajstić information content (AvgIpc) is 2.57. The van der Waals surface area contributed by atoms with Crippen LogP contribution < -0.4 is 10.6 Å². The highest BCUT2D eigenvalue weighted by Gasteiger charge is 2.05. The second kappa shape index (κ2) is 10.2. The normalized spacial score (nSPS) is 14.4. The molecular formula is C19H27FN2O. The molecule has 0 radical (unpaired) electrons. The summed E-state index contributed by atoms with van der Waals surface area (Å²) < 4.78 is 13.4. The summed E-state index contributed by atoms with van der Waals surface area (Å²) in [6.45, 7) is 2.11. The number of hydrogen-bond acceptors (Lipinski definition) is 2. The standard InChI is InChI=1S/C19H27FN2O/c20-18-9-5-4-8-17(18)11-15-22-19(23)12-14-21-13-10-16-6-2-1-3-7-16/h4-6,8-9,21H,1-3,7,10-15H2,(H,22,23).